The Morgan fingerprint density at radius 2 is 1.67 bits per heavy atom. The minimum absolute atomic E-state index is 0. The maximum atomic E-state index is 13.5. The lowest BCUT2D eigenvalue weighted by Crippen LogP contribution is -2.49. The number of likely N-dealkylation sites (N-methyl/N-ethyl adjacent to an activating group) is 1. The van der Waals surface area contributed by atoms with E-state index < -0.39 is 0 Å². The lowest BCUT2D eigenvalue weighted by molar-refractivity contribution is 0.0170. The zero-order chi connectivity index (χ0) is 22.8. The topological polar surface area (TPSA) is 52.1 Å². The van der Waals surface area contributed by atoms with E-state index in [2.05, 4.69) is 63.8 Å². The molecule has 1 saturated heterocycles. The third-order valence-corrected chi connectivity index (χ3v) is 5.98. The molecule has 3 rings (SSSR count). The molecule has 6 nitrogen and oxygen atoms in total. The van der Waals surface area contributed by atoms with Gasteiger partial charge in [-0.15, -0.1) is 24.0 Å². The Morgan fingerprint density at radius 1 is 1.03 bits per heavy atom. The van der Waals surface area contributed by atoms with Gasteiger partial charge in [0.1, 0.15) is 5.82 Å². The molecule has 0 aromatic heterocycles. The molecule has 182 valence electrons. The maximum absolute atomic E-state index is 13.5. The van der Waals surface area contributed by atoms with Crippen LogP contribution >= 0.6 is 24.0 Å². The van der Waals surface area contributed by atoms with Gasteiger partial charge >= 0.3 is 0 Å². The van der Waals surface area contributed by atoms with Crippen LogP contribution in [0.15, 0.2) is 59.6 Å². The molecule has 2 unspecified atom stereocenters. The minimum Gasteiger partial charge on any atom is -0.379 e. The molecule has 0 spiro atoms. The van der Waals surface area contributed by atoms with Gasteiger partial charge in [-0.25, -0.2) is 4.39 Å². The summed E-state index contributed by atoms with van der Waals surface area (Å²) in [5.41, 5.74) is 2.41. The van der Waals surface area contributed by atoms with Crippen molar-refractivity contribution in [3.63, 3.8) is 0 Å². The zero-order valence-corrected chi connectivity index (χ0v) is 22.2. The smallest absolute Gasteiger partial charge is 0.191 e. The first kappa shape index (κ1) is 27.5. The second kappa shape index (κ2) is 14.5. The Morgan fingerprint density at radius 3 is 2.27 bits per heavy atom. The average molecular weight is 570 g/mol. The van der Waals surface area contributed by atoms with E-state index in [1.165, 1.54) is 17.7 Å². The first-order valence-electron chi connectivity index (χ1n) is 11.3. The van der Waals surface area contributed by atoms with Crippen LogP contribution in [-0.2, 0) is 11.2 Å². The fourth-order valence-corrected chi connectivity index (χ4v) is 3.98. The molecule has 2 aromatic rings. The van der Waals surface area contributed by atoms with E-state index in [9.17, 15) is 4.39 Å². The molecule has 2 aromatic carbocycles. The second-order valence-electron chi connectivity index (χ2n) is 8.36. The molecule has 0 amide bonds. The molecule has 2 N–H and O–H groups in total. The third-order valence-electron chi connectivity index (χ3n) is 5.98. The largest absolute Gasteiger partial charge is 0.379 e. The normalized spacial score (nSPS) is 16.7. The predicted molar refractivity (Wildman–Crippen MR) is 144 cm³/mol. The highest BCUT2D eigenvalue weighted by molar-refractivity contribution is 14.0. The Balaban J connectivity index is 0.00000385. The second-order valence-corrected chi connectivity index (χ2v) is 8.36. The van der Waals surface area contributed by atoms with Crippen molar-refractivity contribution in [3.05, 3.63) is 71.5 Å². The summed E-state index contributed by atoms with van der Waals surface area (Å²) in [6, 6.07) is 17.8. The summed E-state index contributed by atoms with van der Waals surface area (Å²) < 4.78 is 19.0. The molecule has 8 heteroatoms. The van der Waals surface area contributed by atoms with Crippen molar-refractivity contribution in [1.29, 1.82) is 0 Å². The van der Waals surface area contributed by atoms with E-state index in [-0.39, 0.29) is 35.8 Å². The molecule has 1 heterocycles. The molecular formula is C25H37FIN5O. The number of hydrogen-bond acceptors (Lipinski definition) is 4. The Kier molecular flexibility index (Phi) is 12.1. The SMILES string of the molecule is CN=C(NCC(Cc1ccccc1)N(C)C)NCC(c1ccc(F)cc1)N1CCOCC1.I. The molecule has 0 radical (unpaired) electrons. The number of morpholine rings is 1. The summed E-state index contributed by atoms with van der Waals surface area (Å²) in [5, 5.41) is 6.97. The number of ether oxygens (including phenoxy) is 1. The number of halogens is 2. The fraction of sp³-hybridized carbons (Fsp3) is 0.480. The van der Waals surface area contributed by atoms with Gasteiger partial charge in [0.05, 0.1) is 19.3 Å². The molecule has 33 heavy (non-hydrogen) atoms. The molecule has 2 atom stereocenters. The molecule has 0 saturated carbocycles. The van der Waals surface area contributed by atoms with E-state index in [1.54, 1.807) is 7.05 Å². The van der Waals surface area contributed by atoms with Crippen LogP contribution in [0.1, 0.15) is 17.2 Å². The monoisotopic (exact) mass is 569 g/mol. The maximum Gasteiger partial charge on any atom is 0.191 e. The third kappa shape index (κ3) is 8.84. The van der Waals surface area contributed by atoms with Crippen molar-refractivity contribution in [2.75, 3.05) is 60.5 Å². The van der Waals surface area contributed by atoms with Gasteiger partial charge in [-0.1, -0.05) is 42.5 Å². The van der Waals surface area contributed by atoms with E-state index in [4.69, 9.17) is 4.74 Å². The number of nitrogens with zero attached hydrogens (tertiary/aromatic N) is 3. The minimum atomic E-state index is -0.215. The van der Waals surface area contributed by atoms with E-state index >= 15 is 0 Å². The van der Waals surface area contributed by atoms with Gasteiger partial charge in [-0.05, 0) is 43.8 Å². The zero-order valence-electron chi connectivity index (χ0n) is 19.8. The number of nitrogens with one attached hydrogen (secondary N) is 2. The van der Waals surface area contributed by atoms with E-state index in [0.717, 1.165) is 37.6 Å². The fourth-order valence-electron chi connectivity index (χ4n) is 3.98. The predicted octanol–water partition coefficient (Wildman–Crippen LogP) is 3.15. The summed E-state index contributed by atoms with van der Waals surface area (Å²) in [4.78, 5) is 9.05. The summed E-state index contributed by atoms with van der Waals surface area (Å²) in [5.74, 6) is 0.554. The number of guanidine groups is 1. The van der Waals surface area contributed by atoms with Gasteiger partial charge in [0.15, 0.2) is 5.96 Å². The highest BCUT2D eigenvalue weighted by atomic mass is 127. The average Bonchev–Trinajstić information content (AvgIpc) is 2.82. The quantitative estimate of drug-likeness (QED) is 0.276. The lowest BCUT2D eigenvalue weighted by atomic mass is 10.0. The van der Waals surface area contributed by atoms with Crippen LogP contribution in [0.25, 0.3) is 0 Å². The van der Waals surface area contributed by atoms with Crippen LogP contribution in [-0.4, -0.2) is 82.3 Å². The highest BCUT2D eigenvalue weighted by Gasteiger charge is 2.23. The van der Waals surface area contributed by atoms with E-state index in [0.29, 0.717) is 25.8 Å². The number of hydrogen-bond donors (Lipinski definition) is 2. The van der Waals surface area contributed by atoms with Crippen LogP contribution in [0.3, 0.4) is 0 Å². The Hall–Kier alpha value is -1.75. The number of benzene rings is 2. The summed E-state index contributed by atoms with van der Waals surface area (Å²) in [6.07, 6.45) is 0.962. The first-order valence-corrected chi connectivity index (χ1v) is 11.3. The number of aliphatic imine (C=N–C) groups is 1. The number of rotatable bonds is 9. The van der Waals surface area contributed by atoms with Crippen molar-refractivity contribution in [2.45, 2.75) is 18.5 Å². The summed E-state index contributed by atoms with van der Waals surface area (Å²) in [7, 11) is 6.00. The van der Waals surface area contributed by atoms with E-state index in [1.807, 2.05) is 18.2 Å². The Bertz CT molecular complexity index is 828. The van der Waals surface area contributed by atoms with Crippen molar-refractivity contribution >= 4 is 29.9 Å². The molecule has 1 fully saturated rings. The van der Waals surface area contributed by atoms with Gasteiger partial charge in [0.25, 0.3) is 0 Å². The first-order chi connectivity index (χ1) is 15.6. The molecule has 1 aliphatic rings. The van der Waals surface area contributed by atoms with Gasteiger partial charge in [0, 0.05) is 39.3 Å². The van der Waals surface area contributed by atoms with Crippen molar-refractivity contribution < 1.29 is 9.13 Å². The van der Waals surface area contributed by atoms with Gasteiger partial charge in [-0.3, -0.25) is 9.89 Å². The molecule has 1 aliphatic heterocycles. The van der Waals surface area contributed by atoms with Gasteiger partial charge in [-0.2, -0.15) is 0 Å². The van der Waals surface area contributed by atoms with Crippen LogP contribution < -0.4 is 10.6 Å². The van der Waals surface area contributed by atoms with Crippen LogP contribution in [0.5, 0.6) is 0 Å². The molecular weight excluding hydrogens is 532 g/mol. The Labute approximate surface area is 214 Å². The summed E-state index contributed by atoms with van der Waals surface area (Å²) in [6.45, 7) is 4.60. The van der Waals surface area contributed by atoms with Gasteiger partial charge in [0.2, 0.25) is 0 Å². The van der Waals surface area contributed by atoms with Crippen LogP contribution in [0, 0.1) is 5.82 Å². The lowest BCUT2D eigenvalue weighted by Gasteiger charge is -2.35. The van der Waals surface area contributed by atoms with Crippen molar-refractivity contribution in [2.24, 2.45) is 4.99 Å². The van der Waals surface area contributed by atoms with Crippen LogP contribution in [0.2, 0.25) is 0 Å². The standard InChI is InChI=1S/C25H36FN5O.HI/c1-27-25(28-18-23(30(2)3)17-20-7-5-4-6-8-20)29-19-24(31-13-15-32-16-14-31)21-9-11-22(26)12-10-21;/h4-12,23-24H,13-19H2,1-3H3,(H2,27,28,29);1H. The van der Waals surface area contributed by atoms with Crippen molar-refractivity contribution in [1.82, 2.24) is 20.4 Å². The summed E-state index contributed by atoms with van der Waals surface area (Å²) >= 11 is 0. The van der Waals surface area contributed by atoms with Crippen molar-refractivity contribution in [3.8, 4) is 0 Å². The molecule has 0 aliphatic carbocycles. The van der Waals surface area contributed by atoms with Crippen LogP contribution in [0.4, 0.5) is 4.39 Å². The molecule has 0 bridgehead atoms. The highest BCUT2D eigenvalue weighted by Crippen LogP contribution is 2.21. The van der Waals surface area contributed by atoms with Gasteiger partial charge < -0.3 is 20.3 Å².